The van der Waals surface area contributed by atoms with Gasteiger partial charge in [-0.1, -0.05) is 36.6 Å². The Hall–Kier alpha value is -3.56. The number of rotatable bonds is 11. The number of anilines is 2. The molecule has 3 heterocycles. The molecule has 1 amide bonds. The number of benzene rings is 2. The van der Waals surface area contributed by atoms with Gasteiger partial charge in [-0.3, -0.25) is 4.90 Å². The van der Waals surface area contributed by atoms with Gasteiger partial charge in [-0.15, -0.1) is 0 Å². The average molecular weight is 635 g/mol. The number of piperazine rings is 1. The zero-order valence-corrected chi connectivity index (χ0v) is 27.9. The molecule has 0 saturated carbocycles. The van der Waals surface area contributed by atoms with Crippen LogP contribution in [-0.4, -0.2) is 77.3 Å². The number of unbranched alkanes of at least 4 members (excludes halogenated alkanes) is 3. The minimum absolute atomic E-state index is 0.119. The van der Waals surface area contributed by atoms with Crippen molar-refractivity contribution in [3.8, 4) is 11.5 Å². The molecule has 2 aliphatic heterocycles. The molecule has 1 atom stereocenters. The van der Waals surface area contributed by atoms with Crippen LogP contribution in [0.5, 0.6) is 11.5 Å². The first kappa shape index (κ1) is 32.8. The Balaban J connectivity index is 1.06. The number of carbonyl (C=O) groups is 1. The summed E-state index contributed by atoms with van der Waals surface area (Å²) in [7, 11) is 0. The van der Waals surface area contributed by atoms with Crippen LogP contribution < -0.4 is 15.0 Å². The number of aryl methyl sites for hydroxylation is 1. The Morgan fingerprint density at radius 2 is 1.67 bits per heavy atom. The smallest absolute Gasteiger partial charge is 0.410 e. The predicted octanol–water partition coefficient (Wildman–Crippen LogP) is 7.71. The largest absolute Gasteiger partial charge is 0.457 e. The number of amides is 1. The first-order valence-electron chi connectivity index (χ1n) is 16.2. The van der Waals surface area contributed by atoms with Gasteiger partial charge in [0.05, 0.1) is 6.04 Å². The molecule has 0 aliphatic carbocycles. The quantitative estimate of drug-likeness (QED) is 0.215. The van der Waals surface area contributed by atoms with Crippen LogP contribution in [0, 0.1) is 6.92 Å². The summed E-state index contributed by atoms with van der Waals surface area (Å²) in [5.41, 5.74) is 1.68. The van der Waals surface area contributed by atoms with Crippen LogP contribution in [0.15, 0.2) is 54.7 Å². The minimum Gasteiger partial charge on any atom is -0.457 e. The van der Waals surface area contributed by atoms with Gasteiger partial charge >= 0.3 is 6.09 Å². The summed E-state index contributed by atoms with van der Waals surface area (Å²) in [5.74, 6) is 3.30. The van der Waals surface area contributed by atoms with E-state index in [0.717, 1.165) is 87.3 Å². The molecule has 1 saturated heterocycles. The van der Waals surface area contributed by atoms with E-state index in [2.05, 4.69) is 26.2 Å². The Morgan fingerprint density at radius 3 is 2.40 bits per heavy atom. The van der Waals surface area contributed by atoms with E-state index in [0.29, 0.717) is 10.8 Å². The molecule has 3 aromatic rings. The highest BCUT2D eigenvalue weighted by Crippen LogP contribution is 2.35. The molecule has 0 bridgehead atoms. The van der Waals surface area contributed by atoms with Gasteiger partial charge < -0.3 is 24.6 Å². The van der Waals surface area contributed by atoms with Crippen molar-refractivity contribution in [2.24, 2.45) is 0 Å². The van der Waals surface area contributed by atoms with E-state index in [-0.39, 0.29) is 12.1 Å². The Morgan fingerprint density at radius 1 is 0.956 bits per heavy atom. The molecule has 0 spiro atoms. The monoisotopic (exact) mass is 634 g/mol. The molecule has 1 fully saturated rings. The third-order valence-electron chi connectivity index (χ3n) is 8.16. The molecule has 1 N–H and O–H groups in total. The van der Waals surface area contributed by atoms with Gasteiger partial charge in [0.25, 0.3) is 0 Å². The van der Waals surface area contributed by atoms with E-state index in [4.69, 9.17) is 26.1 Å². The van der Waals surface area contributed by atoms with Crippen molar-refractivity contribution in [2.45, 2.75) is 71.4 Å². The number of ether oxygens (including phenoxy) is 2. The third-order valence-corrected chi connectivity index (χ3v) is 8.40. The van der Waals surface area contributed by atoms with Crippen LogP contribution in [0.25, 0.3) is 0 Å². The fraction of sp³-hybridized carbons (Fsp3) is 0.514. The number of aromatic nitrogens is 2. The minimum atomic E-state index is -0.448. The summed E-state index contributed by atoms with van der Waals surface area (Å²) in [4.78, 5) is 28.5. The van der Waals surface area contributed by atoms with Crippen molar-refractivity contribution >= 4 is 29.2 Å². The SMILES string of the molecule is Cc1ncc2c(n1)N(CCCCCCN1CCN(C(=O)OC(C)(C)C)CC1)CCC2Nc1cccc(Oc2cccc(Cl)c2)c1. The number of carbonyl (C=O) groups excluding carboxylic acids is 1. The van der Waals surface area contributed by atoms with E-state index in [9.17, 15) is 4.79 Å². The molecule has 1 unspecified atom stereocenters. The van der Waals surface area contributed by atoms with Gasteiger partial charge in [-0.05, 0) is 83.8 Å². The van der Waals surface area contributed by atoms with Gasteiger partial charge in [0.2, 0.25) is 0 Å². The molecule has 1 aromatic heterocycles. The third kappa shape index (κ3) is 9.71. The Kier molecular flexibility index (Phi) is 11.0. The fourth-order valence-corrected chi connectivity index (χ4v) is 6.05. The van der Waals surface area contributed by atoms with Crippen molar-refractivity contribution in [1.29, 1.82) is 0 Å². The maximum absolute atomic E-state index is 12.3. The van der Waals surface area contributed by atoms with Gasteiger partial charge in [0.15, 0.2) is 0 Å². The second-order valence-electron chi connectivity index (χ2n) is 13.0. The number of nitrogens with one attached hydrogen (secondary N) is 1. The van der Waals surface area contributed by atoms with Crippen molar-refractivity contribution in [3.05, 3.63) is 71.1 Å². The zero-order valence-electron chi connectivity index (χ0n) is 27.1. The zero-order chi connectivity index (χ0) is 31.8. The van der Waals surface area contributed by atoms with Crippen LogP contribution in [0.2, 0.25) is 5.02 Å². The Bertz CT molecular complexity index is 1420. The molecule has 242 valence electrons. The van der Waals surface area contributed by atoms with Gasteiger partial charge in [-0.25, -0.2) is 14.8 Å². The Labute approximate surface area is 272 Å². The number of hydrogen-bond acceptors (Lipinski definition) is 8. The highest BCUT2D eigenvalue weighted by atomic mass is 35.5. The van der Waals surface area contributed by atoms with Gasteiger partial charge in [0, 0.05) is 67.8 Å². The fourth-order valence-electron chi connectivity index (χ4n) is 5.87. The lowest BCUT2D eigenvalue weighted by Crippen LogP contribution is -2.50. The molecule has 45 heavy (non-hydrogen) atoms. The molecule has 0 radical (unpaired) electrons. The van der Waals surface area contributed by atoms with Crippen molar-refractivity contribution < 1.29 is 14.3 Å². The summed E-state index contributed by atoms with van der Waals surface area (Å²) < 4.78 is 11.6. The maximum atomic E-state index is 12.3. The van der Waals surface area contributed by atoms with E-state index < -0.39 is 5.60 Å². The van der Waals surface area contributed by atoms with Gasteiger partial charge in [-0.2, -0.15) is 0 Å². The maximum Gasteiger partial charge on any atom is 0.410 e. The second-order valence-corrected chi connectivity index (χ2v) is 13.4. The number of fused-ring (bicyclic) bond motifs is 1. The van der Waals surface area contributed by atoms with Crippen LogP contribution in [0.3, 0.4) is 0 Å². The van der Waals surface area contributed by atoms with Crippen molar-refractivity contribution in [1.82, 2.24) is 19.8 Å². The predicted molar refractivity (Wildman–Crippen MR) is 181 cm³/mol. The molecule has 2 aliphatic rings. The van der Waals surface area contributed by atoms with Crippen LogP contribution in [-0.2, 0) is 4.74 Å². The second kappa shape index (κ2) is 15.1. The lowest BCUT2D eigenvalue weighted by atomic mass is 10.00. The lowest BCUT2D eigenvalue weighted by molar-refractivity contribution is 0.0144. The normalized spacial score (nSPS) is 17.1. The topological polar surface area (TPSA) is 83.1 Å². The van der Waals surface area contributed by atoms with Crippen molar-refractivity contribution in [3.63, 3.8) is 0 Å². The van der Waals surface area contributed by atoms with Crippen molar-refractivity contribution in [2.75, 3.05) is 56.0 Å². The highest BCUT2D eigenvalue weighted by Gasteiger charge is 2.28. The van der Waals surface area contributed by atoms with E-state index in [1.807, 2.05) is 81.3 Å². The summed E-state index contributed by atoms with van der Waals surface area (Å²) >= 11 is 6.13. The summed E-state index contributed by atoms with van der Waals surface area (Å²) in [6.45, 7) is 14.0. The average Bonchev–Trinajstić information content (AvgIpc) is 2.99. The first-order chi connectivity index (χ1) is 21.6. The van der Waals surface area contributed by atoms with E-state index in [1.165, 1.54) is 19.3 Å². The van der Waals surface area contributed by atoms with Crippen LogP contribution in [0.4, 0.5) is 16.3 Å². The van der Waals surface area contributed by atoms with Gasteiger partial charge in [0.1, 0.15) is 28.7 Å². The van der Waals surface area contributed by atoms with Crippen LogP contribution >= 0.6 is 11.6 Å². The summed E-state index contributed by atoms with van der Waals surface area (Å²) in [5, 5.41) is 4.35. The van der Waals surface area contributed by atoms with E-state index >= 15 is 0 Å². The number of halogens is 1. The number of hydrogen-bond donors (Lipinski definition) is 1. The number of nitrogens with zero attached hydrogens (tertiary/aromatic N) is 5. The molecular formula is C35H47ClN6O3. The first-order valence-corrected chi connectivity index (χ1v) is 16.6. The molecular weight excluding hydrogens is 588 g/mol. The lowest BCUT2D eigenvalue weighted by Gasteiger charge is -2.35. The molecule has 10 heteroatoms. The van der Waals surface area contributed by atoms with Crippen LogP contribution in [0.1, 0.15) is 70.3 Å². The molecule has 9 nitrogen and oxygen atoms in total. The van der Waals surface area contributed by atoms with E-state index in [1.54, 1.807) is 0 Å². The highest BCUT2D eigenvalue weighted by molar-refractivity contribution is 6.30. The molecule has 5 rings (SSSR count). The summed E-state index contributed by atoms with van der Waals surface area (Å²) in [6.07, 6.45) is 7.46. The standard InChI is InChI=1S/C35H47ClN6O3/c1-26-37-25-31-32(39-28-12-10-14-30(24-28)44-29-13-9-11-27(36)23-29)15-18-41(33(31)38-26)17-8-6-5-7-16-40-19-21-42(22-20-40)34(43)45-35(2,3)4/h9-14,23-25,32,39H,5-8,15-22H2,1-4H3. The molecule has 2 aromatic carbocycles. The summed E-state index contributed by atoms with van der Waals surface area (Å²) in [6, 6.07) is 15.6.